The third kappa shape index (κ3) is 3.08. The average molecular weight is 313 g/mol. The zero-order valence-corrected chi connectivity index (χ0v) is 11.5. The Labute approximate surface area is 113 Å². The van der Waals surface area contributed by atoms with Crippen LogP contribution in [0.15, 0.2) is 22.7 Å². The normalized spacial score (nSPS) is 16.6. The number of halogens is 1. The molecule has 1 saturated heterocycles. The van der Waals surface area contributed by atoms with Crippen molar-refractivity contribution in [3.8, 4) is 5.75 Å². The van der Waals surface area contributed by atoms with Gasteiger partial charge in [0.1, 0.15) is 5.75 Å². The van der Waals surface area contributed by atoms with Crippen LogP contribution in [-0.4, -0.2) is 36.9 Å². The van der Waals surface area contributed by atoms with Crippen LogP contribution in [-0.2, 0) is 16.1 Å². The number of nitrogens with zero attached hydrogens (tertiary/aromatic N) is 1. The second-order valence-electron chi connectivity index (χ2n) is 4.09. The lowest BCUT2D eigenvalue weighted by atomic mass is 10.2. The zero-order valence-electron chi connectivity index (χ0n) is 9.90. The molecule has 18 heavy (non-hydrogen) atoms. The van der Waals surface area contributed by atoms with Crippen molar-refractivity contribution in [1.82, 2.24) is 10.2 Å². The van der Waals surface area contributed by atoms with E-state index in [1.807, 2.05) is 18.2 Å². The van der Waals surface area contributed by atoms with Gasteiger partial charge in [-0.1, -0.05) is 6.07 Å². The van der Waals surface area contributed by atoms with Crippen LogP contribution in [0.1, 0.15) is 5.56 Å². The molecule has 0 radical (unpaired) electrons. The Kier molecular flexibility index (Phi) is 3.98. The summed E-state index contributed by atoms with van der Waals surface area (Å²) in [5.41, 5.74) is 1.02. The number of amides is 2. The highest BCUT2D eigenvalue weighted by Crippen LogP contribution is 2.26. The summed E-state index contributed by atoms with van der Waals surface area (Å²) in [6.07, 6.45) is 0. The van der Waals surface area contributed by atoms with Gasteiger partial charge < -0.3 is 4.74 Å². The van der Waals surface area contributed by atoms with Gasteiger partial charge in [0.15, 0.2) is 0 Å². The summed E-state index contributed by atoms with van der Waals surface area (Å²) in [4.78, 5) is 24.3. The maximum atomic E-state index is 11.2. The van der Waals surface area contributed by atoms with Crippen molar-refractivity contribution in [1.29, 1.82) is 0 Å². The fourth-order valence-corrected chi connectivity index (χ4v) is 2.46. The van der Waals surface area contributed by atoms with Crippen molar-refractivity contribution in [2.45, 2.75) is 6.54 Å². The Morgan fingerprint density at radius 1 is 1.33 bits per heavy atom. The van der Waals surface area contributed by atoms with Crippen LogP contribution in [0.3, 0.4) is 0 Å². The Balaban J connectivity index is 2.07. The van der Waals surface area contributed by atoms with Gasteiger partial charge >= 0.3 is 0 Å². The summed E-state index contributed by atoms with van der Waals surface area (Å²) in [5, 5.41) is 2.28. The minimum atomic E-state index is -0.251. The topological polar surface area (TPSA) is 58.6 Å². The first-order chi connectivity index (χ1) is 8.58. The molecule has 1 fully saturated rings. The first-order valence-corrected chi connectivity index (χ1v) is 6.25. The molecule has 2 amide bonds. The summed E-state index contributed by atoms with van der Waals surface area (Å²) in [6.45, 7) is 1.05. The molecule has 1 aliphatic rings. The number of nitrogens with one attached hydrogen (secondary N) is 1. The molecule has 1 aromatic rings. The van der Waals surface area contributed by atoms with Gasteiger partial charge in [-0.05, 0) is 33.6 Å². The minimum absolute atomic E-state index is 0.245. The summed E-state index contributed by atoms with van der Waals surface area (Å²) in [7, 11) is 1.60. The molecule has 2 rings (SSSR count). The molecule has 0 aromatic heterocycles. The first kappa shape index (κ1) is 13.0. The predicted molar refractivity (Wildman–Crippen MR) is 69.1 cm³/mol. The lowest BCUT2D eigenvalue weighted by Crippen LogP contribution is -2.50. The van der Waals surface area contributed by atoms with E-state index in [2.05, 4.69) is 21.2 Å². The van der Waals surface area contributed by atoms with Crippen LogP contribution < -0.4 is 10.1 Å². The van der Waals surface area contributed by atoms with Crippen LogP contribution in [0.25, 0.3) is 0 Å². The molecule has 1 heterocycles. The second kappa shape index (κ2) is 5.49. The fourth-order valence-electron chi connectivity index (χ4n) is 1.87. The van der Waals surface area contributed by atoms with Crippen LogP contribution in [0.2, 0.25) is 0 Å². The molecule has 5 nitrogen and oxygen atoms in total. The van der Waals surface area contributed by atoms with Crippen LogP contribution >= 0.6 is 15.9 Å². The molecule has 1 aromatic carbocycles. The lowest BCUT2D eigenvalue weighted by Gasteiger charge is -2.25. The van der Waals surface area contributed by atoms with Gasteiger partial charge in [-0.15, -0.1) is 0 Å². The van der Waals surface area contributed by atoms with Crippen molar-refractivity contribution < 1.29 is 14.3 Å². The number of hydrogen-bond donors (Lipinski definition) is 1. The Morgan fingerprint density at radius 2 is 2.00 bits per heavy atom. The van der Waals surface area contributed by atoms with E-state index >= 15 is 0 Å². The molecule has 1 N–H and O–H groups in total. The molecular formula is C12H13BrN2O3. The third-order valence-corrected chi connectivity index (χ3v) is 3.26. The third-order valence-electron chi connectivity index (χ3n) is 2.64. The number of benzene rings is 1. The number of imide groups is 1. The molecule has 0 bridgehead atoms. The first-order valence-electron chi connectivity index (χ1n) is 5.46. The van der Waals surface area contributed by atoms with Gasteiger partial charge in [-0.2, -0.15) is 0 Å². The van der Waals surface area contributed by atoms with Crippen LogP contribution in [0.5, 0.6) is 5.75 Å². The van der Waals surface area contributed by atoms with Crippen molar-refractivity contribution >= 4 is 27.7 Å². The van der Waals surface area contributed by atoms with E-state index in [1.54, 1.807) is 12.0 Å². The molecule has 1 aliphatic heterocycles. The Bertz CT molecular complexity index is 474. The molecule has 96 valence electrons. The fraction of sp³-hybridized carbons (Fsp3) is 0.333. The van der Waals surface area contributed by atoms with Crippen molar-refractivity contribution in [2.75, 3.05) is 20.2 Å². The maximum Gasteiger partial charge on any atom is 0.240 e. The molecule has 6 heteroatoms. The number of methoxy groups -OCH3 is 1. The van der Waals surface area contributed by atoms with Gasteiger partial charge in [-0.3, -0.25) is 19.8 Å². The molecule has 0 spiro atoms. The van der Waals surface area contributed by atoms with Crippen LogP contribution in [0.4, 0.5) is 0 Å². The van der Waals surface area contributed by atoms with Crippen LogP contribution in [0, 0.1) is 0 Å². The quantitative estimate of drug-likeness (QED) is 0.843. The lowest BCUT2D eigenvalue weighted by molar-refractivity contribution is -0.136. The van der Waals surface area contributed by atoms with Gasteiger partial charge in [0, 0.05) is 6.54 Å². The Hall–Kier alpha value is -1.40. The molecule has 0 saturated carbocycles. The SMILES string of the molecule is COc1ccc(CN2CC(=O)NC(=O)C2)cc1Br. The molecule has 0 unspecified atom stereocenters. The van der Waals surface area contributed by atoms with Gasteiger partial charge in [0.2, 0.25) is 11.8 Å². The summed E-state index contributed by atoms with van der Waals surface area (Å²) < 4.78 is 6.00. The highest BCUT2D eigenvalue weighted by molar-refractivity contribution is 9.10. The maximum absolute atomic E-state index is 11.2. The van der Waals surface area contributed by atoms with E-state index < -0.39 is 0 Å². The second-order valence-corrected chi connectivity index (χ2v) is 4.94. The Morgan fingerprint density at radius 3 is 2.56 bits per heavy atom. The summed E-state index contributed by atoms with van der Waals surface area (Å²) in [6, 6.07) is 5.70. The minimum Gasteiger partial charge on any atom is -0.496 e. The van der Waals surface area contributed by atoms with Crippen molar-refractivity contribution in [2.24, 2.45) is 0 Å². The zero-order chi connectivity index (χ0) is 13.1. The molecular weight excluding hydrogens is 300 g/mol. The van der Waals surface area contributed by atoms with E-state index in [4.69, 9.17) is 4.74 Å². The largest absolute Gasteiger partial charge is 0.496 e. The average Bonchev–Trinajstić information content (AvgIpc) is 2.27. The van der Waals surface area contributed by atoms with Gasteiger partial charge in [-0.25, -0.2) is 0 Å². The summed E-state index contributed by atoms with van der Waals surface area (Å²) in [5.74, 6) is 0.254. The number of carbonyl (C=O) groups is 2. The smallest absolute Gasteiger partial charge is 0.240 e. The van der Waals surface area contributed by atoms with Gasteiger partial charge in [0.05, 0.1) is 24.7 Å². The molecule has 0 aliphatic carbocycles. The predicted octanol–water partition coefficient (Wildman–Crippen LogP) is 0.916. The highest BCUT2D eigenvalue weighted by atomic mass is 79.9. The van der Waals surface area contributed by atoms with E-state index in [-0.39, 0.29) is 24.9 Å². The number of rotatable bonds is 3. The van der Waals surface area contributed by atoms with E-state index in [9.17, 15) is 9.59 Å². The number of piperazine rings is 1. The number of hydrogen-bond acceptors (Lipinski definition) is 4. The van der Waals surface area contributed by atoms with Crippen molar-refractivity contribution in [3.05, 3.63) is 28.2 Å². The van der Waals surface area contributed by atoms with Gasteiger partial charge in [0.25, 0.3) is 0 Å². The van der Waals surface area contributed by atoms with Crippen molar-refractivity contribution in [3.63, 3.8) is 0 Å². The summed E-state index contributed by atoms with van der Waals surface area (Å²) >= 11 is 3.41. The number of ether oxygens (including phenoxy) is 1. The van der Waals surface area contributed by atoms with E-state index in [1.165, 1.54) is 0 Å². The van der Waals surface area contributed by atoms with E-state index in [0.29, 0.717) is 6.54 Å². The monoisotopic (exact) mass is 312 g/mol. The molecule has 0 atom stereocenters. The standard InChI is InChI=1S/C12H13BrN2O3/c1-18-10-3-2-8(4-9(10)13)5-15-6-11(16)14-12(17)7-15/h2-4H,5-7H2,1H3,(H,14,16,17). The number of carbonyl (C=O) groups excluding carboxylic acids is 2. The van der Waals surface area contributed by atoms with E-state index in [0.717, 1.165) is 15.8 Å². The highest BCUT2D eigenvalue weighted by Gasteiger charge is 2.22.